The van der Waals surface area contributed by atoms with Gasteiger partial charge in [0.25, 0.3) is 0 Å². The molecule has 1 aromatic heterocycles. The zero-order valence-electron chi connectivity index (χ0n) is 10.4. The summed E-state index contributed by atoms with van der Waals surface area (Å²) < 4.78 is 0. The maximum Gasteiger partial charge on any atom is 0.116 e. The summed E-state index contributed by atoms with van der Waals surface area (Å²) in [6, 6.07) is 1.99. The molecule has 94 valence electrons. The first-order chi connectivity index (χ1) is 8.33. The molecule has 1 aliphatic rings. The largest absolute Gasteiger partial charge is 0.330 e. The highest BCUT2D eigenvalue weighted by Gasteiger charge is 2.29. The van der Waals surface area contributed by atoms with Crippen molar-refractivity contribution in [1.82, 2.24) is 9.97 Å². The van der Waals surface area contributed by atoms with Crippen molar-refractivity contribution in [2.75, 3.05) is 6.54 Å². The van der Waals surface area contributed by atoms with Crippen LogP contribution in [0.25, 0.3) is 0 Å². The lowest BCUT2D eigenvalue weighted by Gasteiger charge is -2.34. The minimum atomic E-state index is 0.633. The average molecular weight is 251 g/mol. The quantitative estimate of drug-likeness (QED) is 0.836. The Bertz CT molecular complexity index is 331. The normalized spacial score (nSPS) is 29.2. The van der Waals surface area contributed by atoms with Gasteiger partial charge in [0, 0.05) is 11.4 Å². The van der Waals surface area contributed by atoms with Crippen LogP contribution in [0.3, 0.4) is 0 Å². The van der Waals surface area contributed by atoms with Crippen molar-refractivity contribution in [3.05, 3.63) is 18.6 Å². The van der Waals surface area contributed by atoms with E-state index >= 15 is 0 Å². The first-order valence-corrected chi connectivity index (χ1v) is 7.34. The molecule has 1 aliphatic carbocycles. The molecule has 4 heteroatoms. The molecular formula is C13H21N3S. The number of nitrogens with two attached hydrogens (primary N) is 1. The van der Waals surface area contributed by atoms with Crippen LogP contribution in [0.15, 0.2) is 23.6 Å². The molecule has 0 saturated heterocycles. The highest BCUT2D eigenvalue weighted by Crippen LogP contribution is 2.39. The first-order valence-electron chi connectivity index (χ1n) is 6.46. The summed E-state index contributed by atoms with van der Waals surface area (Å²) in [6.07, 6.45) is 8.63. The van der Waals surface area contributed by atoms with Crippen molar-refractivity contribution in [3.8, 4) is 0 Å². The maximum atomic E-state index is 5.89. The highest BCUT2D eigenvalue weighted by molar-refractivity contribution is 7.99. The Morgan fingerprint density at radius 1 is 1.47 bits per heavy atom. The highest BCUT2D eigenvalue weighted by atomic mass is 32.2. The van der Waals surface area contributed by atoms with Gasteiger partial charge in [-0.15, -0.1) is 11.8 Å². The Kier molecular flexibility index (Phi) is 4.80. The monoisotopic (exact) mass is 251 g/mol. The van der Waals surface area contributed by atoms with E-state index in [1.54, 1.807) is 6.33 Å². The molecule has 0 bridgehead atoms. The Morgan fingerprint density at radius 3 is 3.00 bits per heavy atom. The van der Waals surface area contributed by atoms with Crippen LogP contribution in [0.1, 0.15) is 32.6 Å². The van der Waals surface area contributed by atoms with E-state index in [0.29, 0.717) is 11.2 Å². The molecule has 2 rings (SSSR count). The third kappa shape index (κ3) is 3.42. The molecule has 0 aliphatic heterocycles. The molecule has 3 atom stereocenters. The summed E-state index contributed by atoms with van der Waals surface area (Å²) in [4.78, 5) is 8.26. The van der Waals surface area contributed by atoms with Crippen molar-refractivity contribution in [2.24, 2.45) is 17.6 Å². The molecule has 3 unspecified atom stereocenters. The van der Waals surface area contributed by atoms with E-state index in [1.807, 2.05) is 24.0 Å². The van der Waals surface area contributed by atoms with Gasteiger partial charge >= 0.3 is 0 Å². The van der Waals surface area contributed by atoms with Crippen molar-refractivity contribution >= 4 is 11.8 Å². The van der Waals surface area contributed by atoms with E-state index in [2.05, 4.69) is 16.9 Å². The predicted octanol–water partition coefficient (Wildman–Crippen LogP) is 2.72. The van der Waals surface area contributed by atoms with Crippen LogP contribution < -0.4 is 5.73 Å². The molecule has 0 amide bonds. The van der Waals surface area contributed by atoms with Crippen molar-refractivity contribution in [1.29, 1.82) is 0 Å². The molecule has 1 heterocycles. The van der Waals surface area contributed by atoms with Crippen molar-refractivity contribution in [2.45, 2.75) is 42.9 Å². The number of thioether (sulfide) groups is 1. The SMILES string of the molecule is CCC1CCC(CN)C(Sc2ccncn2)C1. The fourth-order valence-electron chi connectivity index (χ4n) is 2.56. The van der Waals surface area contributed by atoms with Crippen LogP contribution in [0, 0.1) is 11.8 Å². The first kappa shape index (κ1) is 12.8. The minimum absolute atomic E-state index is 0.633. The fourth-order valence-corrected chi connectivity index (χ4v) is 3.93. The lowest BCUT2D eigenvalue weighted by molar-refractivity contribution is 0.283. The third-order valence-corrected chi connectivity index (χ3v) is 5.11. The van der Waals surface area contributed by atoms with Crippen LogP contribution in [0.4, 0.5) is 0 Å². The van der Waals surface area contributed by atoms with Gasteiger partial charge in [-0.1, -0.05) is 19.8 Å². The smallest absolute Gasteiger partial charge is 0.116 e. The van der Waals surface area contributed by atoms with Crippen LogP contribution in [-0.4, -0.2) is 21.8 Å². The summed E-state index contributed by atoms with van der Waals surface area (Å²) in [5, 5.41) is 1.72. The molecule has 17 heavy (non-hydrogen) atoms. The zero-order valence-corrected chi connectivity index (χ0v) is 11.2. The molecule has 3 nitrogen and oxygen atoms in total. The second-order valence-corrected chi connectivity index (χ2v) is 6.05. The summed E-state index contributed by atoms with van der Waals surface area (Å²) in [5.41, 5.74) is 5.89. The van der Waals surface area contributed by atoms with Crippen LogP contribution in [0.2, 0.25) is 0 Å². The zero-order chi connectivity index (χ0) is 12.1. The van der Waals surface area contributed by atoms with E-state index < -0.39 is 0 Å². The molecule has 0 aromatic carbocycles. The third-order valence-electron chi connectivity index (χ3n) is 3.74. The summed E-state index contributed by atoms with van der Waals surface area (Å²) in [5.74, 6) is 1.52. The topological polar surface area (TPSA) is 51.8 Å². The molecule has 0 spiro atoms. The molecule has 1 aromatic rings. The van der Waals surface area contributed by atoms with Gasteiger partial charge in [0.05, 0.1) is 5.03 Å². The van der Waals surface area contributed by atoms with E-state index in [0.717, 1.165) is 17.5 Å². The lowest BCUT2D eigenvalue weighted by atomic mass is 9.80. The number of rotatable bonds is 4. The van der Waals surface area contributed by atoms with E-state index in [9.17, 15) is 0 Å². The number of hydrogen-bond donors (Lipinski definition) is 1. The van der Waals surface area contributed by atoms with Crippen LogP contribution in [-0.2, 0) is 0 Å². The van der Waals surface area contributed by atoms with Gasteiger partial charge in [-0.3, -0.25) is 0 Å². The second kappa shape index (κ2) is 6.36. The number of nitrogens with zero attached hydrogens (tertiary/aromatic N) is 2. The van der Waals surface area contributed by atoms with E-state index in [1.165, 1.54) is 25.7 Å². The number of aromatic nitrogens is 2. The van der Waals surface area contributed by atoms with Gasteiger partial charge in [0.15, 0.2) is 0 Å². The van der Waals surface area contributed by atoms with Gasteiger partial charge in [0.1, 0.15) is 6.33 Å². The molecule has 1 saturated carbocycles. The average Bonchev–Trinajstić information content (AvgIpc) is 2.40. The fraction of sp³-hybridized carbons (Fsp3) is 0.692. The Labute approximate surface area is 108 Å². The van der Waals surface area contributed by atoms with Gasteiger partial charge in [0.2, 0.25) is 0 Å². The van der Waals surface area contributed by atoms with E-state index in [-0.39, 0.29) is 0 Å². The molecule has 0 radical (unpaired) electrons. The minimum Gasteiger partial charge on any atom is -0.330 e. The standard InChI is InChI=1S/C13H21N3S/c1-2-10-3-4-11(8-14)12(7-10)17-13-5-6-15-9-16-13/h5-6,9-12H,2-4,7-8,14H2,1H3. The molecular weight excluding hydrogens is 230 g/mol. The Hall–Kier alpha value is -0.610. The van der Waals surface area contributed by atoms with Crippen molar-refractivity contribution in [3.63, 3.8) is 0 Å². The lowest BCUT2D eigenvalue weighted by Crippen LogP contribution is -2.32. The van der Waals surface area contributed by atoms with Crippen LogP contribution in [0.5, 0.6) is 0 Å². The van der Waals surface area contributed by atoms with Gasteiger partial charge in [-0.2, -0.15) is 0 Å². The Balaban J connectivity index is 2.00. The molecule has 1 fully saturated rings. The number of hydrogen-bond acceptors (Lipinski definition) is 4. The van der Waals surface area contributed by atoms with Crippen molar-refractivity contribution < 1.29 is 0 Å². The van der Waals surface area contributed by atoms with Crippen LogP contribution >= 0.6 is 11.8 Å². The maximum absolute atomic E-state index is 5.89. The second-order valence-electron chi connectivity index (χ2n) is 4.79. The Morgan fingerprint density at radius 2 is 2.35 bits per heavy atom. The summed E-state index contributed by atoms with van der Waals surface area (Å²) in [6.45, 7) is 3.10. The summed E-state index contributed by atoms with van der Waals surface area (Å²) in [7, 11) is 0. The van der Waals surface area contributed by atoms with Gasteiger partial charge < -0.3 is 5.73 Å². The molecule has 2 N–H and O–H groups in total. The van der Waals surface area contributed by atoms with E-state index in [4.69, 9.17) is 5.73 Å². The van der Waals surface area contributed by atoms with Gasteiger partial charge in [-0.25, -0.2) is 9.97 Å². The summed E-state index contributed by atoms with van der Waals surface area (Å²) >= 11 is 1.89. The predicted molar refractivity (Wildman–Crippen MR) is 71.9 cm³/mol. The van der Waals surface area contributed by atoms with Gasteiger partial charge in [-0.05, 0) is 37.3 Å².